The SMILES string of the molecule is O=C(Nc1cccnc1)c1cc(-c2ccccc2O)on1. The van der Waals surface area contributed by atoms with E-state index in [1.54, 1.807) is 36.5 Å². The lowest BCUT2D eigenvalue weighted by Crippen LogP contribution is -2.12. The van der Waals surface area contributed by atoms with Crippen molar-refractivity contribution < 1.29 is 14.4 Å². The second-order valence-electron chi connectivity index (χ2n) is 4.29. The zero-order valence-corrected chi connectivity index (χ0v) is 10.9. The smallest absolute Gasteiger partial charge is 0.277 e. The maximum atomic E-state index is 12.0. The van der Waals surface area contributed by atoms with Gasteiger partial charge in [-0.1, -0.05) is 17.3 Å². The molecular formula is C15H11N3O3. The number of benzene rings is 1. The highest BCUT2D eigenvalue weighted by atomic mass is 16.5. The van der Waals surface area contributed by atoms with Crippen LogP contribution >= 0.6 is 0 Å². The molecule has 2 heterocycles. The van der Waals surface area contributed by atoms with Crippen LogP contribution in [-0.2, 0) is 0 Å². The summed E-state index contributed by atoms with van der Waals surface area (Å²) in [4.78, 5) is 15.9. The summed E-state index contributed by atoms with van der Waals surface area (Å²) in [5.41, 5.74) is 1.16. The van der Waals surface area contributed by atoms with Crippen molar-refractivity contribution in [2.75, 3.05) is 5.32 Å². The van der Waals surface area contributed by atoms with E-state index in [0.29, 0.717) is 17.0 Å². The van der Waals surface area contributed by atoms with Gasteiger partial charge in [0.05, 0.1) is 17.4 Å². The third kappa shape index (κ3) is 2.74. The van der Waals surface area contributed by atoms with Crippen molar-refractivity contribution in [2.24, 2.45) is 0 Å². The standard InChI is InChI=1S/C15H11N3O3/c19-13-6-2-1-5-11(13)14-8-12(18-21-14)15(20)17-10-4-3-7-16-9-10/h1-9,19H,(H,17,20). The maximum Gasteiger partial charge on any atom is 0.277 e. The molecule has 0 saturated heterocycles. The number of phenols is 1. The number of pyridine rings is 1. The van der Waals surface area contributed by atoms with Gasteiger partial charge in [0.2, 0.25) is 0 Å². The molecule has 0 aliphatic heterocycles. The molecule has 1 amide bonds. The number of rotatable bonds is 3. The fourth-order valence-corrected chi connectivity index (χ4v) is 1.82. The van der Waals surface area contributed by atoms with Gasteiger partial charge in [-0.25, -0.2) is 0 Å². The molecule has 6 heteroatoms. The molecule has 0 aliphatic rings. The summed E-state index contributed by atoms with van der Waals surface area (Å²) in [6, 6.07) is 11.6. The van der Waals surface area contributed by atoms with Gasteiger partial charge in [0.15, 0.2) is 11.5 Å². The third-order valence-electron chi connectivity index (χ3n) is 2.83. The molecule has 2 aromatic heterocycles. The fraction of sp³-hybridized carbons (Fsp3) is 0. The van der Waals surface area contributed by atoms with Gasteiger partial charge >= 0.3 is 0 Å². The monoisotopic (exact) mass is 281 g/mol. The number of carbonyl (C=O) groups is 1. The number of phenolic OH excluding ortho intramolecular Hbond substituents is 1. The summed E-state index contributed by atoms with van der Waals surface area (Å²) >= 11 is 0. The minimum atomic E-state index is -0.409. The summed E-state index contributed by atoms with van der Waals surface area (Å²) in [5, 5.41) is 16.1. The van der Waals surface area contributed by atoms with Crippen LogP contribution in [0.1, 0.15) is 10.5 Å². The number of carbonyl (C=O) groups excluding carboxylic acids is 1. The molecule has 1 aromatic carbocycles. The van der Waals surface area contributed by atoms with Gasteiger partial charge in [0.25, 0.3) is 5.91 Å². The molecule has 2 N–H and O–H groups in total. The van der Waals surface area contributed by atoms with E-state index in [0.717, 1.165) is 0 Å². The van der Waals surface area contributed by atoms with Gasteiger partial charge < -0.3 is 14.9 Å². The number of hydrogen-bond acceptors (Lipinski definition) is 5. The molecule has 104 valence electrons. The largest absolute Gasteiger partial charge is 0.507 e. The number of para-hydroxylation sites is 1. The van der Waals surface area contributed by atoms with Gasteiger partial charge in [-0.2, -0.15) is 0 Å². The Labute approximate surface area is 120 Å². The van der Waals surface area contributed by atoms with Crippen LogP contribution in [0.15, 0.2) is 59.4 Å². The summed E-state index contributed by atoms with van der Waals surface area (Å²) in [5.74, 6) is -0.0225. The van der Waals surface area contributed by atoms with E-state index in [1.807, 2.05) is 0 Å². The molecule has 0 fully saturated rings. The van der Waals surface area contributed by atoms with Gasteiger partial charge in [-0.3, -0.25) is 9.78 Å². The molecule has 21 heavy (non-hydrogen) atoms. The lowest BCUT2D eigenvalue weighted by atomic mass is 10.1. The highest BCUT2D eigenvalue weighted by molar-refractivity contribution is 6.03. The third-order valence-corrected chi connectivity index (χ3v) is 2.83. The van der Waals surface area contributed by atoms with Crippen molar-refractivity contribution in [1.82, 2.24) is 10.1 Å². The Balaban J connectivity index is 1.82. The Morgan fingerprint density at radius 1 is 1.19 bits per heavy atom. The molecule has 3 aromatic rings. The summed E-state index contributed by atoms with van der Waals surface area (Å²) in [7, 11) is 0. The first-order valence-corrected chi connectivity index (χ1v) is 6.20. The van der Waals surface area contributed by atoms with Crippen molar-refractivity contribution >= 4 is 11.6 Å². The van der Waals surface area contributed by atoms with Crippen molar-refractivity contribution in [2.45, 2.75) is 0 Å². The Morgan fingerprint density at radius 2 is 2.05 bits per heavy atom. The average Bonchev–Trinajstić information content (AvgIpc) is 2.98. The number of amides is 1. The van der Waals surface area contributed by atoms with Crippen LogP contribution in [0.5, 0.6) is 5.75 Å². The van der Waals surface area contributed by atoms with Crippen LogP contribution in [0.3, 0.4) is 0 Å². The number of nitrogens with zero attached hydrogens (tertiary/aromatic N) is 2. The molecule has 0 unspecified atom stereocenters. The molecule has 0 atom stereocenters. The topological polar surface area (TPSA) is 88.2 Å². The highest BCUT2D eigenvalue weighted by Gasteiger charge is 2.15. The van der Waals surface area contributed by atoms with Crippen LogP contribution < -0.4 is 5.32 Å². The first-order chi connectivity index (χ1) is 10.2. The summed E-state index contributed by atoms with van der Waals surface area (Å²) in [6.45, 7) is 0. The predicted octanol–water partition coefficient (Wildman–Crippen LogP) is 2.69. The first kappa shape index (κ1) is 12.9. The zero-order chi connectivity index (χ0) is 14.7. The number of hydrogen-bond donors (Lipinski definition) is 2. The number of aromatic hydroxyl groups is 1. The summed E-state index contributed by atoms with van der Waals surface area (Å²) < 4.78 is 5.10. The van der Waals surface area contributed by atoms with E-state index in [9.17, 15) is 9.90 Å². The molecule has 3 rings (SSSR count). The minimum absolute atomic E-state index is 0.0628. The highest BCUT2D eigenvalue weighted by Crippen LogP contribution is 2.29. The molecular weight excluding hydrogens is 270 g/mol. The molecule has 6 nitrogen and oxygen atoms in total. The predicted molar refractivity (Wildman–Crippen MR) is 75.8 cm³/mol. The van der Waals surface area contributed by atoms with Crippen LogP contribution in [0.25, 0.3) is 11.3 Å². The Hall–Kier alpha value is -3.15. The Kier molecular flexibility index (Phi) is 3.34. The lowest BCUT2D eigenvalue weighted by molar-refractivity contribution is 0.101. The number of nitrogens with one attached hydrogen (secondary N) is 1. The summed E-state index contributed by atoms with van der Waals surface area (Å²) in [6.07, 6.45) is 3.14. The van der Waals surface area contributed by atoms with E-state index in [4.69, 9.17) is 4.52 Å². The second-order valence-corrected chi connectivity index (χ2v) is 4.29. The number of anilines is 1. The minimum Gasteiger partial charge on any atom is -0.507 e. The van der Waals surface area contributed by atoms with Crippen molar-refractivity contribution in [3.8, 4) is 17.1 Å². The normalized spacial score (nSPS) is 10.3. The van der Waals surface area contributed by atoms with E-state index in [1.165, 1.54) is 18.3 Å². The van der Waals surface area contributed by atoms with Gasteiger partial charge in [0.1, 0.15) is 5.75 Å². The quantitative estimate of drug-likeness (QED) is 0.770. The van der Waals surface area contributed by atoms with E-state index in [2.05, 4.69) is 15.5 Å². The van der Waals surface area contributed by atoms with Crippen LogP contribution in [0.2, 0.25) is 0 Å². The Bertz CT molecular complexity index is 769. The molecule has 0 radical (unpaired) electrons. The van der Waals surface area contributed by atoms with Crippen LogP contribution in [0.4, 0.5) is 5.69 Å². The first-order valence-electron chi connectivity index (χ1n) is 6.20. The molecule has 0 spiro atoms. The molecule has 0 bridgehead atoms. The lowest BCUT2D eigenvalue weighted by Gasteiger charge is -2.00. The van der Waals surface area contributed by atoms with E-state index < -0.39 is 5.91 Å². The molecule has 0 saturated carbocycles. The van der Waals surface area contributed by atoms with Gasteiger partial charge in [0, 0.05) is 12.3 Å². The van der Waals surface area contributed by atoms with Gasteiger partial charge in [-0.15, -0.1) is 0 Å². The van der Waals surface area contributed by atoms with E-state index in [-0.39, 0.29) is 11.4 Å². The Morgan fingerprint density at radius 3 is 2.81 bits per heavy atom. The van der Waals surface area contributed by atoms with E-state index >= 15 is 0 Å². The average molecular weight is 281 g/mol. The number of aromatic nitrogens is 2. The van der Waals surface area contributed by atoms with Crippen LogP contribution in [-0.4, -0.2) is 21.2 Å². The van der Waals surface area contributed by atoms with Gasteiger partial charge in [-0.05, 0) is 24.3 Å². The van der Waals surface area contributed by atoms with Crippen molar-refractivity contribution in [3.63, 3.8) is 0 Å². The molecule has 0 aliphatic carbocycles. The fourth-order valence-electron chi connectivity index (χ4n) is 1.82. The van der Waals surface area contributed by atoms with Crippen molar-refractivity contribution in [3.05, 3.63) is 60.6 Å². The van der Waals surface area contributed by atoms with Crippen LogP contribution in [0, 0.1) is 0 Å². The van der Waals surface area contributed by atoms with Crippen molar-refractivity contribution in [1.29, 1.82) is 0 Å². The second kappa shape index (κ2) is 5.46. The maximum absolute atomic E-state index is 12.0. The zero-order valence-electron chi connectivity index (χ0n) is 10.9.